The molecule has 3 aromatic rings. The van der Waals surface area contributed by atoms with Crippen molar-refractivity contribution in [2.75, 3.05) is 10.6 Å². The number of ether oxygens (including phenoxy) is 1. The van der Waals surface area contributed by atoms with E-state index in [4.69, 9.17) is 22.1 Å². The van der Waals surface area contributed by atoms with E-state index in [2.05, 4.69) is 10.6 Å². The number of nitrogens with two attached hydrogens (primary N) is 1. The molecular formula is C24H22ClN3O3. The van der Waals surface area contributed by atoms with Crippen molar-refractivity contribution < 1.29 is 14.3 Å². The van der Waals surface area contributed by atoms with E-state index in [0.717, 1.165) is 24.0 Å². The number of amides is 2. The number of anilines is 2. The summed E-state index contributed by atoms with van der Waals surface area (Å²) in [4.78, 5) is 24.9. The lowest BCUT2D eigenvalue weighted by Gasteiger charge is -2.13. The zero-order valence-electron chi connectivity index (χ0n) is 16.7. The lowest BCUT2D eigenvalue weighted by molar-refractivity contribution is 0.102. The van der Waals surface area contributed by atoms with Gasteiger partial charge in [-0.15, -0.1) is 0 Å². The van der Waals surface area contributed by atoms with Gasteiger partial charge in [0.1, 0.15) is 6.61 Å². The molecule has 7 heteroatoms. The molecule has 6 nitrogen and oxygen atoms in total. The van der Waals surface area contributed by atoms with E-state index in [1.807, 2.05) is 48.5 Å². The van der Waals surface area contributed by atoms with Crippen molar-refractivity contribution in [1.82, 2.24) is 0 Å². The number of nitrogens with one attached hydrogen (secondary N) is 2. The molecule has 1 aliphatic carbocycles. The van der Waals surface area contributed by atoms with Gasteiger partial charge in [0.05, 0.1) is 0 Å². The first-order chi connectivity index (χ1) is 14.9. The Hall–Kier alpha value is -3.35. The van der Waals surface area contributed by atoms with E-state index in [0.29, 0.717) is 22.0 Å². The molecule has 0 saturated heterocycles. The first kappa shape index (κ1) is 20.9. The number of carbonyl (C=O) groups is 2. The number of halogens is 1. The van der Waals surface area contributed by atoms with Gasteiger partial charge in [0, 0.05) is 27.5 Å². The van der Waals surface area contributed by atoms with Gasteiger partial charge in [-0.25, -0.2) is 4.79 Å². The van der Waals surface area contributed by atoms with Gasteiger partial charge >= 0.3 is 6.09 Å². The minimum atomic E-state index is -0.636. The van der Waals surface area contributed by atoms with Gasteiger partial charge in [-0.1, -0.05) is 54.1 Å². The summed E-state index contributed by atoms with van der Waals surface area (Å²) >= 11 is 6.16. The molecule has 0 aliphatic heterocycles. The molecule has 1 saturated carbocycles. The van der Waals surface area contributed by atoms with Gasteiger partial charge < -0.3 is 15.8 Å². The average molecular weight is 436 g/mol. The lowest BCUT2D eigenvalue weighted by atomic mass is 10.1. The second kappa shape index (κ2) is 8.79. The summed E-state index contributed by atoms with van der Waals surface area (Å²) in [5.41, 5.74) is 9.16. The SMILES string of the molecule is NC1(c2cccc(NC(=O)c3cc(Cl)cc(NC(=O)OCc4ccccc4)c3)c2)CC1. The summed E-state index contributed by atoms with van der Waals surface area (Å²) in [6.45, 7) is 0.138. The van der Waals surface area contributed by atoms with E-state index in [-0.39, 0.29) is 18.1 Å². The molecule has 1 aliphatic rings. The summed E-state index contributed by atoms with van der Waals surface area (Å²) in [7, 11) is 0. The number of benzene rings is 3. The number of hydrogen-bond donors (Lipinski definition) is 3. The highest BCUT2D eigenvalue weighted by atomic mass is 35.5. The van der Waals surface area contributed by atoms with Crippen LogP contribution in [0.25, 0.3) is 0 Å². The topological polar surface area (TPSA) is 93.5 Å². The largest absolute Gasteiger partial charge is 0.444 e. The predicted octanol–water partition coefficient (Wildman–Crippen LogP) is 5.29. The fourth-order valence-corrected chi connectivity index (χ4v) is 3.44. The van der Waals surface area contributed by atoms with Crippen molar-refractivity contribution >= 4 is 35.0 Å². The maximum absolute atomic E-state index is 12.7. The summed E-state index contributed by atoms with van der Waals surface area (Å²) in [6.07, 6.45) is 1.24. The molecule has 0 bridgehead atoms. The van der Waals surface area contributed by atoms with Gasteiger partial charge in [0.2, 0.25) is 0 Å². The van der Waals surface area contributed by atoms with Gasteiger partial charge in [-0.05, 0) is 54.3 Å². The molecule has 3 aromatic carbocycles. The molecule has 0 radical (unpaired) electrons. The molecule has 4 N–H and O–H groups in total. The Morgan fingerprint density at radius 3 is 2.45 bits per heavy atom. The zero-order chi connectivity index (χ0) is 21.8. The monoisotopic (exact) mass is 435 g/mol. The normalized spacial score (nSPS) is 13.9. The molecular weight excluding hydrogens is 414 g/mol. The first-order valence-electron chi connectivity index (χ1n) is 9.90. The van der Waals surface area contributed by atoms with E-state index in [1.165, 1.54) is 6.07 Å². The Labute approximate surface area is 185 Å². The number of carbonyl (C=O) groups excluding carboxylic acids is 2. The van der Waals surface area contributed by atoms with Crippen LogP contribution in [0, 0.1) is 0 Å². The van der Waals surface area contributed by atoms with Crippen LogP contribution in [0.15, 0.2) is 72.8 Å². The maximum Gasteiger partial charge on any atom is 0.411 e. The smallest absolute Gasteiger partial charge is 0.411 e. The standard InChI is InChI=1S/C24H22ClN3O3/c25-19-11-17(22(29)27-20-8-4-7-18(13-20)24(26)9-10-24)12-21(14-19)28-23(30)31-15-16-5-2-1-3-6-16/h1-8,11-14H,9-10,15,26H2,(H,27,29)(H,28,30). The minimum absolute atomic E-state index is 0.138. The molecule has 0 heterocycles. The van der Waals surface area contributed by atoms with Crippen LogP contribution >= 0.6 is 11.6 Å². The molecule has 158 valence electrons. The summed E-state index contributed by atoms with van der Waals surface area (Å²) < 4.78 is 5.21. The minimum Gasteiger partial charge on any atom is -0.444 e. The Balaban J connectivity index is 1.41. The first-order valence-corrected chi connectivity index (χ1v) is 10.3. The van der Waals surface area contributed by atoms with E-state index < -0.39 is 6.09 Å². The average Bonchev–Trinajstić information content (AvgIpc) is 3.51. The molecule has 0 aromatic heterocycles. The van der Waals surface area contributed by atoms with E-state index in [1.54, 1.807) is 18.2 Å². The molecule has 0 unspecified atom stereocenters. The van der Waals surface area contributed by atoms with Crippen molar-refractivity contribution in [3.8, 4) is 0 Å². The van der Waals surface area contributed by atoms with E-state index >= 15 is 0 Å². The molecule has 31 heavy (non-hydrogen) atoms. The van der Waals surface area contributed by atoms with Crippen molar-refractivity contribution in [2.24, 2.45) is 5.73 Å². The number of rotatable bonds is 6. The maximum atomic E-state index is 12.7. The van der Waals surface area contributed by atoms with Crippen LogP contribution < -0.4 is 16.4 Å². The molecule has 0 atom stereocenters. The van der Waals surface area contributed by atoms with Gasteiger partial charge in [-0.3, -0.25) is 10.1 Å². The third-order valence-corrected chi connectivity index (χ3v) is 5.32. The van der Waals surface area contributed by atoms with Crippen LogP contribution in [-0.2, 0) is 16.9 Å². The van der Waals surface area contributed by atoms with E-state index in [9.17, 15) is 9.59 Å². The van der Waals surface area contributed by atoms with Crippen molar-refractivity contribution in [3.05, 3.63) is 94.5 Å². The molecule has 0 spiro atoms. The summed E-state index contributed by atoms with van der Waals surface area (Å²) in [5.74, 6) is -0.345. The van der Waals surface area contributed by atoms with Crippen LogP contribution in [0.3, 0.4) is 0 Å². The molecule has 4 rings (SSSR count). The van der Waals surface area contributed by atoms with Crippen LogP contribution in [0.2, 0.25) is 5.02 Å². The molecule has 1 fully saturated rings. The highest BCUT2D eigenvalue weighted by Crippen LogP contribution is 2.43. The second-order valence-electron chi connectivity index (χ2n) is 7.61. The highest BCUT2D eigenvalue weighted by molar-refractivity contribution is 6.31. The number of hydrogen-bond acceptors (Lipinski definition) is 4. The van der Waals surface area contributed by atoms with Crippen LogP contribution in [-0.4, -0.2) is 12.0 Å². The Morgan fingerprint density at radius 1 is 0.935 bits per heavy atom. The highest BCUT2D eigenvalue weighted by Gasteiger charge is 2.39. The predicted molar refractivity (Wildman–Crippen MR) is 121 cm³/mol. The van der Waals surface area contributed by atoms with Gasteiger partial charge in [-0.2, -0.15) is 0 Å². The zero-order valence-corrected chi connectivity index (χ0v) is 17.5. The van der Waals surface area contributed by atoms with Gasteiger partial charge in [0.25, 0.3) is 5.91 Å². The van der Waals surface area contributed by atoms with Crippen LogP contribution in [0.4, 0.5) is 16.2 Å². The Bertz CT molecular complexity index is 1110. The molecule has 2 amide bonds. The van der Waals surface area contributed by atoms with Crippen molar-refractivity contribution in [1.29, 1.82) is 0 Å². The second-order valence-corrected chi connectivity index (χ2v) is 8.04. The fourth-order valence-electron chi connectivity index (χ4n) is 3.20. The van der Waals surface area contributed by atoms with Gasteiger partial charge in [0.15, 0.2) is 0 Å². The van der Waals surface area contributed by atoms with Crippen molar-refractivity contribution in [3.63, 3.8) is 0 Å². The fraction of sp³-hybridized carbons (Fsp3) is 0.167. The Morgan fingerprint density at radius 2 is 1.71 bits per heavy atom. The third-order valence-electron chi connectivity index (χ3n) is 5.10. The third kappa shape index (κ3) is 5.42. The summed E-state index contributed by atoms with van der Waals surface area (Å²) in [6, 6.07) is 21.5. The quantitative estimate of drug-likeness (QED) is 0.490. The summed E-state index contributed by atoms with van der Waals surface area (Å²) in [5, 5.41) is 5.78. The lowest BCUT2D eigenvalue weighted by Crippen LogP contribution is -2.19. The van der Waals surface area contributed by atoms with Crippen LogP contribution in [0.1, 0.15) is 34.3 Å². The Kier molecular flexibility index (Phi) is 5.93. The van der Waals surface area contributed by atoms with Crippen molar-refractivity contribution in [2.45, 2.75) is 25.0 Å². The van der Waals surface area contributed by atoms with Crippen LogP contribution in [0.5, 0.6) is 0 Å².